The zero-order valence-electron chi connectivity index (χ0n) is 17.3. The maximum atomic E-state index is 15.1. The summed E-state index contributed by atoms with van der Waals surface area (Å²) >= 11 is 1.41. The van der Waals surface area contributed by atoms with Gasteiger partial charge in [-0.1, -0.05) is 48.9 Å². The molecule has 0 unspecified atom stereocenters. The molecular weight excluding hydrogens is 409 g/mol. The van der Waals surface area contributed by atoms with Crippen molar-refractivity contribution >= 4 is 21.6 Å². The van der Waals surface area contributed by atoms with Crippen molar-refractivity contribution in [2.75, 3.05) is 19.6 Å². The third kappa shape index (κ3) is 4.05. The Labute approximate surface area is 184 Å². The molecule has 0 saturated carbocycles. The van der Waals surface area contributed by atoms with Gasteiger partial charge in [0, 0.05) is 24.2 Å². The Kier molecular flexibility index (Phi) is 5.66. The normalized spacial score (nSPS) is 14.9. The zero-order valence-corrected chi connectivity index (χ0v) is 18.1. The van der Waals surface area contributed by atoms with E-state index >= 15 is 4.39 Å². The Bertz CT molecular complexity index is 1260. The van der Waals surface area contributed by atoms with E-state index in [9.17, 15) is 4.79 Å². The van der Waals surface area contributed by atoms with Crippen LogP contribution in [0, 0.1) is 5.82 Å². The van der Waals surface area contributed by atoms with E-state index in [4.69, 9.17) is 4.98 Å². The van der Waals surface area contributed by atoms with E-state index in [2.05, 4.69) is 4.90 Å². The van der Waals surface area contributed by atoms with Crippen LogP contribution in [0.15, 0.2) is 64.8 Å². The average molecular weight is 434 g/mol. The van der Waals surface area contributed by atoms with Crippen LogP contribution in [0.5, 0.6) is 0 Å². The standard InChI is InChI=1S/C25H24FN3OS/c26-21-17-19(9-10-20(21)18-7-3-1-4-8-18)24-27-22-11-16-31-23(22)25(30)29(24)15-14-28-12-5-2-6-13-28/h1,3-4,7-11,16-17H,2,5-6,12-15H2. The fraction of sp³-hybridized carbons (Fsp3) is 0.280. The number of fused-ring (bicyclic) bond motifs is 1. The van der Waals surface area contributed by atoms with Crippen molar-refractivity contribution in [2.45, 2.75) is 25.8 Å². The van der Waals surface area contributed by atoms with Crippen molar-refractivity contribution in [1.29, 1.82) is 0 Å². The molecule has 0 bridgehead atoms. The summed E-state index contributed by atoms with van der Waals surface area (Å²) in [5.41, 5.74) is 2.63. The summed E-state index contributed by atoms with van der Waals surface area (Å²) in [7, 11) is 0. The molecule has 0 atom stereocenters. The molecule has 0 radical (unpaired) electrons. The first-order chi connectivity index (χ1) is 15.2. The van der Waals surface area contributed by atoms with E-state index in [1.807, 2.05) is 47.8 Å². The number of aromatic nitrogens is 2. The zero-order chi connectivity index (χ0) is 21.2. The Morgan fingerprint density at radius 1 is 0.935 bits per heavy atom. The molecule has 4 aromatic rings. The van der Waals surface area contributed by atoms with Gasteiger partial charge in [0.05, 0.1) is 5.52 Å². The topological polar surface area (TPSA) is 38.1 Å². The van der Waals surface area contributed by atoms with E-state index in [1.54, 1.807) is 10.6 Å². The van der Waals surface area contributed by atoms with Crippen LogP contribution in [0.3, 0.4) is 0 Å². The Morgan fingerprint density at radius 3 is 2.52 bits per heavy atom. The van der Waals surface area contributed by atoms with Crippen molar-refractivity contribution in [3.63, 3.8) is 0 Å². The molecule has 0 spiro atoms. The van der Waals surface area contributed by atoms with Gasteiger partial charge in [0.2, 0.25) is 0 Å². The van der Waals surface area contributed by atoms with E-state index in [1.165, 1.54) is 36.7 Å². The number of likely N-dealkylation sites (tertiary alicyclic amines) is 1. The number of hydrogen-bond donors (Lipinski definition) is 0. The number of benzene rings is 2. The number of thiophene rings is 1. The predicted octanol–water partition coefficient (Wildman–Crippen LogP) is 5.42. The molecule has 0 aliphatic carbocycles. The number of nitrogens with zero attached hydrogens (tertiary/aromatic N) is 3. The molecule has 1 fully saturated rings. The monoisotopic (exact) mass is 433 g/mol. The first-order valence-corrected chi connectivity index (χ1v) is 11.6. The lowest BCUT2D eigenvalue weighted by Gasteiger charge is -2.27. The molecule has 1 aliphatic rings. The largest absolute Gasteiger partial charge is 0.302 e. The molecule has 1 saturated heterocycles. The minimum absolute atomic E-state index is 0.0421. The fourth-order valence-corrected chi connectivity index (χ4v) is 5.08. The van der Waals surface area contributed by atoms with Gasteiger partial charge in [-0.05, 0) is 49.0 Å². The Morgan fingerprint density at radius 2 is 1.74 bits per heavy atom. The van der Waals surface area contributed by atoms with Crippen LogP contribution in [0.25, 0.3) is 32.7 Å². The average Bonchev–Trinajstić information content (AvgIpc) is 3.29. The second kappa shape index (κ2) is 8.73. The van der Waals surface area contributed by atoms with Crippen LogP contribution in [0.4, 0.5) is 4.39 Å². The lowest BCUT2D eigenvalue weighted by atomic mass is 10.0. The molecule has 5 rings (SSSR count). The van der Waals surface area contributed by atoms with E-state index in [0.29, 0.717) is 33.7 Å². The van der Waals surface area contributed by atoms with Gasteiger partial charge in [-0.15, -0.1) is 11.3 Å². The second-order valence-electron chi connectivity index (χ2n) is 7.99. The SMILES string of the molecule is O=c1c2sccc2nc(-c2ccc(-c3ccccc3)c(F)c2)n1CCN1CCCCC1. The molecule has 158 valence electrons. The third-order valence-electron chi connectivity index (χ3n) is 5.97. The van der Waals surface area contributed by atoms with Gasteiger partial charge < -0.3 is 4.90 Å². The van der Waals surface area contributed by atoms with Crippen LogP contribution < -0.4 is 5.56 Å². The number of halogens is 1. The highest BCUT2D eigenvalue weighted by molar-refractivity contribution is 7.17. The second-order valence-corrected chi connectivity index (χ2v) is 8.91. The summed E-state index contributed by atoms with van der Waals surface area (Å²) in [6.07, 6.45) is 3.68. The van der Waals surface area contributed by atoms with E-state index in [0.717, 1.165) is 25.2 Å². The van der Waals surface area contributed by atoms with Crippen LogP contribution in [-0.4, -0.2) is 34.1 Å². The van der Waals surface area contributed by atoms with Gasteiger partial charge >= 0.3 is 0 Å². The van der Waals surface area contributed by atoms with Crippen molar-refractivity contribution < 1.29 is 4.39 Å². The summed E-state index contributed by atoms with van der Waals surface area (Å²) < 4.78 is 17.4. The third-order valence-corrected chi connectivity index (χ3v) is 6.86. The number of hydrogen-bond acceptors (Lipinski definition) is 4. The van der Waals surface area contributed by atoms with Gasteiger partial charge in [0.1, 0.15) is 16.3 Å². The van der Waals surface area contributed by atoms with Gasteiger partial charge in [0.15, 0.2) is 0 Å². The molecule has 6 heteroatoms. The molecule has 2 aromatic heterocycles. The Hall–Kier alpha value is -2.83. The number of rotatable bonds is 5. The van der Waals surface area contributed by atoms with Gasteiger partial charge in [0.25, 0.3) is 5.56 Å². The van der Waals surface area contributed by atoms with Crippen LogP contribution in [0.1, 0.15) is 19.3 Å². The van der Waals surface area contributed by atoms with Gasteiger partial charge in [-0.2, -0.15) is 0 Å². The molecular formula is C25H24FN3OS. The summed E-state index contributed by atoms with van der Waals surface area (Å²) in [6, 6.07) is 16.5. The first-order valence-electron chi connectivity index (χ1n) is 10.8. The summed E-state index contributed by atoms with van der Waals surface area (Å²) in [4.78, 5) is 20.4. The first kappa shape index (κ1) is 20.1. The quantitative estimate of drug-likeness (QED) is 0.422. The van der Waals surface area contributed by atoms with Crippen LogP contribution in [0.2, 0.25) is 0 Å². The predicted molar refractivity (Wildman–Crippen MR) is 125 cm³/mol. The maximum Gasteiger partial charge on any atom is 0.271 e. The highest BCUT2D eigenvalue weighted by Gasteiger charge is 2.17. The van der Waals surface area contributed by atoms with Gasteiger partial charge in [-0.25, -0.2) is 9.37 Å². The molecule has 31 heavy (non-hydrogen) atoms. The lowest BCUT2D eigenvalue weighted by molar-refractivity contribution is 0.220. The van der Waals surface area contributed by atoms with Gasteiger partial charge in [-0.3, -0.25) is 9.36 Å². The highest BCUT2D eigenvalue weighted by atomic mass is 32.1. The van der Waals surface area contributed by atoms with Crippen LogP contribution >= 0.6 is 11.3 Å². The molecule has 4 nitrogen and oxygen atoms in total. The van der Waals surface area contributed by atoms with Crippen LogP contribution in [-0.2, 0) is 6.54 Å². The molecule has 0 amide bonds. The smallest absolute Gasteiger partial charge is 0.271 e. The Balaban J connectivity index is 1.55. The molecule has 0 N–H and O–H groups in total. The lowest BCUT2D eigenvalue weighted by Crippen LogP contribution is -2.35. The molecule has 2 aromatic carbocycles. The highest BCUT2D eigenvalue weighted by Crippen LogP contribution is 2.28. The summed E-state index contributed by atoms with van der Waals surface area (Å²) in [6.45, 7) is 3.49. The summed E-state index contributed by atoms with van der Waals surface area (Å²) in [5.74, 6) is 0.220. The van der Waals surface area contributed by atoms with E-state index in [-0.39, 0.29) is 11.4 Å². The maximum absolute atomic E-state index is 15.1. The van der Waals surface area contributed by atoms with E-state index < -0.39 is 0 Å². The van der Waals surface area contributed by atoms with Crippen molar-refractivity contribution in [3.05, 3.63) is 76.1 Å². The minimum Gasteiger partial charge on any atom is -0.302 e. The van der Waals surface area contributed by atoms with Crippen molar-refractivity contribution in [2.24, 2.45) is 0 Å². The minimum atomic E-state index is -0.314. The van der Waals surface area contributed by atoms with Crippen molar-refractivity contribution in [3.8, 4) is 22.5 Å². The molecule has 3 heterocycles. The fourth-order valence-electron chi connectivity index (χ4n) is 4.30. The molecule has 1 aliphatic heterocycles. The number of piperidine rings is 1. The van der Waals surface area contributed by atoms with Crippen molar-refractivity contribution in [1.82, 2.24) is 14.5 Å². The summed E-state index contributed by atoms with van der Waals surface area (Å²) in [5, 5.41) is 1.89.